The Balaban J connectivity index is 0. The van der Waals surface area contributed by atoms with Gasteiger partial charge in [-0.1, -0.05) is 0 Å². The molecule has 0 radical (unpaired) electrons. The van der Waals surface area contributed by atoms with E-state index in [-0.39, 0.29) is 5.48 Å². The zero-order valence-corrected chi connectivity index (χ0v) is 4.02. The van der Waals surface area contributed by atoms with Crippen molar-refractivity contribution in [3.05, 3.63) is 0 Å². The van der Waals surface area contributed by atoms with E-state index in [4.69, 9.17) is 0 Å². The Bertz CT molecular complexity index is 13.5. The van der Waals surface area contributed by atoms with E-state index in [1.807, 2.05) is 0 Å². The van der Waals surface area contributed by atoms with Crippen LogP contribution in [0, 0.1) is 0 Å². The first kappa shape index (κ1) is 9.30. The highest BCUT2D eigenvalue weighted by Gasteiger charge is 1.63. The van der Waals surface area contributed by atoms with Crippen molar-refractivity contribution in [1.82, 2.24) is 0 Å². The van der Waals surface area contributed by atoms with Crippen LogP contribution in [0.1, 0.15) is 0 Å². The van der Waals surface area contributed by atoms with Crippen LogP contribution in [0.25, 0.3) is 0 Å². The van der Waals surface area contributed by atoms with Gasteiger partial charge in [-0.3, -0.25) is 0 Å². The van der Waals surface area contributed by atoms with Crippen LogP contribution in [0.4, 0.5) is 0 Å². The first-order chi connectivity index (χ1) is 2.41. The van der Waals surface area contributed by atoms with Crippen molar-refractivity contribution < 1.29 is 14.9 Å². The highest BCUT2D eigenvalue weighted by atomic mass is 16.6. The molecule has 0 aliphatic heterocycles. The molecule has 3 heteroatoms. The summed E-state index contributed by atoms with van der Waals surface area (Å²) in [4.78, 5) is 0. The molecule has 0 saturated carbocycles. The van der Waals surface area contributed by atoms with Crippen LogP contribution >= 0.6 is 0 Å². The molecular weight excluding hydrogens is 84.0 g/mol. The maximum Gasteiger partial charge on any atom is 0.145 e. The number of methoxy groups -OCH3 is 2. The number of hydrogen-bond acceptors (Lipinski definition) is 2. The van der Waals surface area contributed by atoms with E-state index < -0.39 is 0 Å². The predicted octanol–water partition coefficient (Wildman–Crippen LogP) is -0.588. The fraction of sp³-hybridized carbons (Fsp3) is 1.00. The van der Waals surface area contributed by atoms with Crippen LogP contribution < -0.4 is 0 Å². The van der Waals surface area contributed by atoms with E-state index in [0.29, 0.717) is 6.79 Å². The van der Waals surface area contributed by atoms with Gasteiger partial charge in [0.2, 0.25) is 0 Å². The quantitative estimate of drug-likeness (QED) is 0.429. The third-order valence-corrected chi connectivity index (χ3v) is 0.236. The largest absolute Gasteiger partial charge is 0.412 e. The molecule has 6 heavy (non-hydrogen) atoms. The highest BCUT2D eigenvalue weighted by Crippen LogP contribution is 1.60. The molecule has 0 bridgehead atoms. The van der Waals surface area contributed by atoms with Gasteiger partial charge in [0, 0.05) is 14.2 Å². The average molecular weight is 94.1 g/mol. The molecule has 0 spiro atoms. The lowest BCUT2D eigenvalue weighted by molar-refractivity contribution is -0.00271. The van der Waals surface area contributed by atoms with Gasteiger partial charge in [-0.15, -0.1) is 0 Å². The SMILES string of the molecule is COCOC.O. The van der Waals surface area contributed by atoms with Gasteiger partial charge in [0.05, 0.1) is 0 Å². The van der Waals surface area contributed by atoms with Gasteiger partial charge in [-0.2, -0.15) is 0 Å². The van der Waals surface area contributed by atoms with E-state index in [0.717, 1.165) is 0 Å². The van der Waals surface area contributed by atoms with Crippen molar-refractivity contribution in [3.63, 3.8) is 0 Å². The van der Waals surface area contributed by atoms with Crippen LogP contribution in [0.5, 0.6) is 0 Å². The number of hydrogen-bond donors (Lipinski definition) is 0. The smallest absolute Gasteiger partial charge is 0.145 e. The van der Waals surface area contributed by atoms with Gasteiger partial charge < -0.3 is 14.9 Å². The van der Waals surface area contributed by atoms with Gasteiger partial charge >= 0.3 is 0 Å². The lowest BCUT2D eigenvalue weighted by Crippen LogP contribution is -1.87. The van der Waals surface area contributed by atoms with E-state index >= 15 is 0 Å². The third kappa shape index (κ3) is 9.11. The second kappa shape index (κ2) is 8.86. The number of rotatable bonds is 2. The van der Waals surface area contributed by atoms with Crippen molar-refractivity contribution in [3.8, 4) is 0 Å². The normalized spacial score (nSPS) is 7.00. The second-order valence-electron chi connectivity index (χ2n) is 0.695. The summed E-state index contributed by atoms with van der Waals surface area (Å²) in [5, 5.41) is 0. The summed E-state index contributed by atoms with van der Waals surface area (Å²) >= 11 is 0. The monoisotopic (exact) mass is 94.1 g/mol. The predicted molar refractivity (Wildman–Crippen MR) is 22.5 cm³/mol. The Kier molecular flexibility index (Phi) is 13.7. The van der Waals surface area contributed by atoms with Gasteiger partial charge in [-0.25, -0.2) is 0 Å². The van der Waals surface area contributed by atoms with Crippen molar-refractivity contribution in [2.75, 3.05) is 21.0 Å². The summed E-state index contributed by atoms with van der Waals surface area (Å²) in [6, 6.07) is 0. The summed E-state index contributed by atoms with van der Waals surface area (Å²) in [6.07, 6.45) is 0. The van der Waals surface area contributed by atoms with Crippen LogP contribution in [0.3, 0.4) is 0 Å². The minimum absolute atomic E-state index is 0. The van der Waals surface area contributed by atoms with E-state index in [1.54, 1.807) is 14.2 Å². The molecule has 0 unspecified atom stereocenters. The molecule has 3 nitrogen and oxygen atoms in total. The first-order valence-corrected chi connectivity index (χ1v) is 1.39. The average Bonchev–Trinajstić information content (AvgIpc) is 1.41. The van der Waals surface area contributed by atoms with E-state index in [2.05, 4.69) is 9.47 Å². The lowest BCUT2D eigenvalue weighted by atomic mass is 11.4. The number of ether oxygens (including phenoxy) is 2. The molecule has 0 heterocycles. The van der Waals surface area contributed by atoms with Crippen LogP contribution in [0.15, 0.2) is 0 Å². The molecule has 0 aliphatic rings. The zero-order chi connectivity index (χ0) is 4.12. The van der Waals surface area contributed by atoms with Crippen LogP contribution in [0.2, 0.25) is 0 Å². The van der Waals surface area contributed by atoms with Crippen LogP contribution in [-0.4, -0.2) is 26.5 Å². The Morgan fingerprint density at radius 2 is 1.50 bits per heavy atom. The molecule has 0 aromatic heterocycles. The minimum atomic E-state index is 0. The molecule has 0 aromatic rings. The molecule has 0 atom stereocenters. The summed E-state index contributed by atoms with van der Waals surface area (Å²) in [5.74, 6) is 0. The van der Waals surface area contributed by atoms with Gasteiger partial charge in [0.15, 0.2) is 0 Å². The zero-order valence-electron chi connectivity index (χ0n) is 4.02. The molecule has 0 amide bonds. The molecule has 0 saturated heterocycles. The first-order valence-electron chi connectivity index (χ1n) is 1.39. The Morgan fingerprint density at radius 3 is 1.50 bits per heavy atom. The Hall–Kier alpha value is -0.120. The second-order valence-corrected chi connectivity index (χ2v) is 0.695. The summed E-state index contributed by atoms with van der Waals surface area (Å²) in [6.45, 7) is 0.389. The fourth-order valence-electron chi connectivity index (χ4n) is 0.118. The van der Waals surface area contributed by atoms with E-state index in [9.17, 15) is 0 Å². The van der Waals surface area contributed by atoms with Crippen molar-refractivity contribution in [2.24, 2.45) is 0 Å². The van der Waals surface area contributed by atoms with Crippen molar-refractivity contribution >= 4 is 0 Å². The Labute approximate surface area is 37.2 Å². The molecule has 0 aliphatic carbocycles. The maximum atomic E-state index is 4.47. The van der Waals surface area contributed by atoms with Gasteiger partial charge in [0.1, 0.15) is 6.79 Å². The summed E-state index contributed by atoms with van der Waals surface area (Å²) in [5.41, 5.74) is 0. The molecule has 40 valence electrons. The summed E-state index contributed by atoms with van der Waals surface area (Å²) < 4.78 is 8.94. The topological polar surface area (TPSA) is 50.0 Å². The third-order valence-electron chi connectivity index (χ3n) is 0.236. The van der Waals surface area contributed by atoms with Gasteiger partial charge in [0.25, 0.3) is 0 Å². The van der Waals surface area contributed by atoms with Gasteiger partial charge in [-0.05, 0) is 0 Å². The van der Waals surface area contributed by atoms with Crippen molar-refractivity contribution in [2.45, 2.75) is 0 Å². The molecule has 0 fully saturated rings. The molecule has 0 aromatic carbocycles. The minimum Gasteiger partial charge on any atom is -0.412 e. The Morgan fingerprint density at radius 1 is 1.17 bits per heavy atom. The van der Waals surface area contributed by atoms with E-state index in [1.165, 1.54) is 0 Å². The maximum absolute atomic E-state index is 4.47. The van der Waals surface area contributed by atoms with Crippen molar-refractivity contribution in [1.29, 1.82) is 0 Å². The molecule has 0 rings (SSSR count). The standard InChI is InChI=1S/C3H8O2.H2O/c1-4-3-5-2;/h3H2,1-2H3;1H2. The fourth-order valence-corrected chi connectivity index (χ4v) is 0.118. The lowest BCUT2D eigenvalue weighted by Gasteiger charge is -1.87. The van der Waals surface area contributed by atoms with Crippen LogP contribution in [-0.2, 0) is 9.47 Å². The molecule has 2 N–H and O–H groups in total. The molecular formula is C3H10O3. The summed E-state index contributed by atoms with van der Waals surface area (Å²) in [7, 11) is 3.17. The highest BCUT2D eigenvalue weighted by molar-refractivity contribution is 3.84.